The van der Waals surface area contributed by atoms with Crippen LogP contribution >= 0.6 is 0 Å². The van der Waals surface area contributed by atoms with Crippen LogP contribution < -0.4 is 0 Å². The summed E-state index contributed by atoms with van der Waals surface area (Å²) >= 11 is 0. The van der Waals surface area contributed by atoms with Gasteiger partial charge in [-0.3, -0.25) is 14.4 Å². The first-order valence-corrected chi connectivity index (χ1v) is 21.0. The van der Waals surface area contributed by atoms with Gasteiger partial charge in [0.25, 0.3) is 0 Å². The van der Waals surface area contributed by atoms with Crippen LogP contribution in [-0.4, -0.2) is 37.2 Å². The lowest BCUT2D eigenvalue weighted by atomic mass is 10.1. The average molecular weight is 747 g/mol. The van der Waals surface area contributed by atoms with Gasteiger partial charge in [0, 0.05) is 19.3 Å². The van der Waals surface area contributed by atoms with Crippen molar-refractivity contribution in [1.82, 2.24) is 0 Å². The molecule has 0 saturated heterocycles. The van der Waals surface area contributed by atoms with Crippen LogP contribution in [0.3, 0.4) is 0 Å². The molecule has 0 saturated carbocycles. The van der Waals surface area contributed by atoms with Crippen LogP contribution in [0.5, 0.6) is 0 Å². The second-order valence-corrected chi connectivity index (χ2v) is 13.2. The minimum atomic E-state index is -0.830. The molecule has 1 unspecified atom stereocenters. The minimum absolute atomic E-state index is 0.124. The lowest BCUT2D eigenvalue weighted by Gasteiger charge is -2.18. The van der Waals surface area contributed by atoms with Crippen molar-refractivity contribution in [3.05, 3.63) is 109 Å². The van der Waals surface area contributed by atoms with Gasteiger partial charge in [0.2, 0.25) is 0 Å². The van der Waals surface area contributed by atoms with Gasteiger partial charge in [0.05, 0.1) is 0 Å². The van der Waals surface area contributed by atoms with Crippen molar-refractivity contribution in [3.8, 4) is 0 Å². The van der Waals surface area contributed by atoms with Crippen molar-refractivity contribution in [2.45, 2.75) is 162 Å². The molecule has 0 fully saturated rings. The van der Waals surface area contributed by atoms with Crippen molar-refractivity contribution in [3.63, 3.8) is 0 Å². The highest BCUT2D eigenvalue weighted by molar-refractivity contribution is 5.71. The van der Waals surface area contributed by atoms with E-state index in [0.29, 0.717) is 25.7 Å². The Morgan fingerprint density at radius 3 is 1.31 bits per heavy atom. The fourth-order valence-electron chi connectivity index (χ4n) is 5.07. The summed E-state index contributed by atoms with van der Waals surface area (Å²) in [5.74, 6) is -1.06. The number of hydrogen-bond donors (Lipinski definition) is 0. The van der Waals surface area contributed by atoms with Crippen LogP contribution in [0, 0.1) is 0 Å². The van der Waals surface area contributed by atoms with E-state index >= 15 is 0 Å². The first kappa shape index (κ1) is 50.1. The third-order valence-corrected chi connectivity index (χ3v) is 8.13. The maximum absolute atomic E-state index is 12.6. The SMILES string of the molecule is CC\C=C/C=C\C=C/C=C\C=C/CCCC(=O)OC(COC(=O)CCCC/C=C\C/C=C\CC)COC(=O)CCCCCCCCC/C=C\C/C=C\CC. The summed E-state index contributed by atoms with van der Waals surface area (Å²) in [6.07, 6.45) is 55.2. The Morgan fingerprint density at radius 1 is 0.389 bits per heavy atom. The lowest BCUT2D eigenvalue weighted by Crippen LogP contribution is -2.30. The molecule has 0 aromatic carbocycles. The van der Waals surface area contributed by atoms with Gasteiger partial charge in [-0.25, -0.2) is 0 Å². The first-order valence-electron chi connectivity index (χ1n) is 21.0. The maximum atomic E-state index is 12.6. The quantitative estimate of drug-likeness (QED) is 0.0211. The molecule has 0 aliphatic heterocycles. The number of ether oxygens (including phenoxy) is 3. The zero-order valence-corrected chi connectivity index (χ0v) is 34.2. The molecule has 0 aromatic rings. The summed E-state index contributed by atoms with van der Waals surface area (Å²) in [4.78, 5) is 37.5. The standard InChI is InChI=1S/C48H74O6/c1-4-7-10-13-16-19-21-23-25-26-29-32-35-38-41-47(50)53-44-45(43-52-46(49)40-37-34-31-28-18-15-12-9-6-3)54-48(51)42-39-36-33-30-27-24-22-20-17-14-11-8-5-2/h7-12,14,16-20,22,24,27-28,30,33,45H,4-6,13,15,21,23,25-26,29,31-32,34-44H2,1-3H3/b10-7-,11-8-,12-9-,17-14-,19-16-,22-20-,27-24-,28-18-,33-30-. The molecule has 6 nitrogen and oxygen atoms in total. The molecule has 0 N–H and O–H groups in total. The van der Waals surface area contributed by atoms with Crippen LogP contribution in [0.1, 0.15) is 156 Å². The van der Waals surface area contributed by atoms with Gasteiger partial charge < -0.3 is 14.2 Å². The molecule has 0 heterocycles. The Labute approximate surface area is 330 Å². The molecule has 1 atom stereocenters. The predicted molar refractivity (Wildman–Crippen MR) is 228 cm³/mol. The molecule has 0 aromatic heterocycles. The van der Waals surface area contributed by atoms with Gasteiger partial charge in [-0.15, -0.1) is 0 Å². The zero-order valence-electron chi connectivity index (χ0n) is 34.2. The smallest absolute Gasteiger partial charge is 0.306 e. The average Bonchev–Trinajstić information content (AvgIpc) is 3.17. The highest BCUT2D eigenvalue weighted by Gasteiger charge is 2.19. The summed E-state index contributed by atoms with van der Waals surface area (Å²) < 4.78 is 16.5. The first-order chi connectivity index (χ1) is 26.5. The van der Waals surface area contributed by atoms with E-state index in [4.69, 9.17) is 14.2 Å². The van der Waals surface area contributed by atoms with Crippen molar-refractivity contribution < 1.29 is 28.6 Å². The van der Waals surface area contributed by atoms with E-state index in [1.807, 2.05) is 54.7 Å². The Balaban J connectivity index is 4.55. The molecular formula is C48H74O6. The Kier molecular flexibility index (Phi) is 38.8. The lowest BCUT2D eigenvalue weighted by molar-refractivity contribution is -0.167. The molecule has 0 aliphatic carbocycles. The number of rotatable bonds is 35. The number of esters is 3. The van der Waals surface area contributed by atoms with Crippen LogP contribution in [0.15, 0.2) is 109 Å². The summed E-state index contributed by atoms with van der Waals surface area (Å²) in [6.45, 7) is 6.11. The molecule has 0 radical (unpaired) electrons. The molecule has 0 amide bonds. The van der Waals surface area contributed by atoms with Gasteiger partial charge in [0.1, 0.15) is 13.2 Å². The fourth-order valence-corrected chi connectivity index (χ4v) is 5.07. The topological polar surface area (TPSA) is 78.9 Å². The van der Waals surface area contributed by atoms with E-state index in [0.717, 1.165) is 77.0 Å². The van der Waals surface area contributed by atoms with Gasteiger partial charge in [-0.2, -0.15) is 0 Å². The van der Waals surface area contributed by atoms with Crippen molar-refractivity contribution in [2.24, 2.45) is 0 Å². The van der Waals surface area contributed by atoms with Crippen molar-refractivity contribution in [1.29, 1.82) is 0 Å². The molecule has 54 heavy (non-hydrogen) atoms. The summed E-state index contributed by atoms with van der Waals surface area (Å²) in [7, 11) is 0. The molecule has 302 valence electrons. The highest BCUT2D eigenvalue weighted by atomic mass is 16.6. The fraction of sp³-hybridized carbons (Fsp3) is 0.562. The van der Waals surface area contributed by atoms with Crippen molar-refractivity contribution >= 4 is 17.9 Å². The van der Waals surface area contributed by atoms with Crippen LogP contribution in [0.25, 0.3) is 0 Å². The highest BCUT2D eigenvalue weighted by Crippen LogP contribution is 2.12. The second kappa shape index (κ2) is 41.8. The number of carbonyl (C=O) groups excluding carboxylic acids is 3. The Morgan fingerprint density at radius 2 is 0.778 bits per heavy atom. The molecule has 0 spiro atoms. The van der Waals surface area contributed by atoms with E-state index in [2.05, 4.69) is 75.5 Å². The van der Waals surface area contributed by atoms with Gasteiger partial charge >= 0.3 is 17.9 Å². The van der Waals surface area contributed by atoms with Crippen LogP contribution in [-0.2, 0) is 28.6 Å². The molecule has 6 heteroatoms. The zero-order chi connectivity index (χ0) is 39.4. The van der Waals surface area contributed by atoms with Crippen molar-refractivity contribution in [2.75, 3.05) is 13.2 Å². The minimum Gasteiger partial charge on any atom is -0.462 e. The Hall–Kier alpha value is -3.93. The number of hydrogen-bond acceptors (Lipinski definition) is 6. The van der Waals surface area contributed by atoms with E-state index < -0.39 is 12.1 Å². The summed E-state index contributed by atoms with van der Waals surface area (Å²) in [6, 6.07) is 0. The number of allylic oxidation sites excluding steroid dienone is 18. The summed E-state index contributed by atoms with van der Waals surface area (Å²) in [5.41, 5.74) is 0. The van der Waals surface area contributed by atoms with Gasteiger partial charge in [0.15, 0.2) is 6.10 Å². The molecule has 0 bridgehead atoms. The van der Waals surface area contributed by atoms with Gasteiger partial charge in [-0.05, 0) is 83.5 Å². The third kappa shape index (κ3) is 39.3. The molecular weight excluding hydrogens is 673 g/mol. The predicted octanol–water partition coefficient (Wildman–Crippen LogP) is 13.2. The van der Waals surface area contributed by atoms with Gasteiger partial charge in [-0.1, -0.05) is 162 Å². The number of unbranched alkanes of at least 4 members (excludes halogenated alkanes) is 10. The number of carbonyl (C=O) groups is 3. The van der Waals surface area contributed by atoms with E-state index in [1.54, 1.807) is 0 Å². The van der Waals surface area contributed by atoms with E-state index in [-0.39, 0.29) is 31.6 Å². The van der Waals surface area contributed by atoms with Crippen LogP contribution in [0.4, 0.5) is 0 Å². The monoisotopic (exact) mass is 747 g/mol. The third-order valence-electron chi connectivity index (χ3n) is 8.13. The van der Waals surface area contributed by atoms with E-state index in [9.17, 15) is 14.4 Å². The molecule has 0 rings (SSSR count). The normalized spacial score (nSPS) is 13.2. The van der Waals surface area contributed by atoms with Crippen LogP contribution in [0.2, 0.25) is 0 Å². The van der Waals surface area contributed by atoms with E-state index in [1.165, 1.54) is 25.7 Å². The molecule has 0 aliphatic rings. The Bertz CT molecular complexity index is 1180. The maximum Gasteiger partial charge on any atom is 0.306 e. The summed E-state index contributed by atoms with van der Waals surface area (Å²) in [5, 5.41) is 0. The second-order valence-electron chi connectivity index (χ2n) is 13.2. The largest absolute Gasteiger partial charge is 0.462 e.